The molecule has 4 saturated carbocycles. The van der Waals surface area contributed by atoms with Gasteiger partial charge in [-0.25, -0.2) is 0 Å². The van der Waals surface area contributed by atoms with E-state index >= 15 is 0 Å². The monoisotopic (exact) mass is 410 g/mol. The van der Waals surface area contributed by atoms with Crippen molar-refractivity contribution in [2.24, 2.45) is 28.6 Å². The SMILES string of the molecule is CC(=O)O[C@@H]1[C@@H](O)[C@@]2(O)[C@@H]([C@@H]3O[C@@H]3C2(C)C)[C@](C)(O)[C@@H]2CC[C@@H]3C[C@]12C[C@@]3(C)O. The number of epoxide rings is 1. The number of aliphatic hydroxyl groups is 4. The van der Waals surface area contributed by atoms with E-state index < -0.39 is 51.7 Å². The third-order valence-electron chi connectivity index (χ3n) is 9.69. The second-order valence-corrected chi connectivity index (χ2v) is 11.5. The minimum absolute atomic E-state index is 0.00493. The molecule has 0 amide bonds. The van der Waals surface area contributed by atoms with Gasteiger partial charge in [0.2, 0.25) is 0 Å². The molecule has 0 aromatic carbocycles. The summed E-state index contributed by atoms with van der Waals surface area (Å²) >= 11 is 0. The lowest BCUT2D eigenvalue weighted by Crippen LogP contribution is -2.64. The van der Waals surface area contributed by atoms with Crippen LogP contribution in [0, 0.1) is 28.6 Å². The highest BCUT2D eigenvalue weighted by molar-refractivity contribution is 5.66. The summed E-state index contributed by atoms with van der Waals surface area (Å²) in [4.78, 5) is 12.1. The van der Waals surface area contributed by atoms with Crippen molar-refractivity contribution >= 4 is 5.97 Å². The Morgan fingerprint density at radius 2 is 1.76 bits per heavy atom. The highest BCUT2D eigenvalue weighted by Crippen LogP contribution is 2.73. The van der Waals surface area contributed by atoms with Crippen molar-refractivity contribution in [3.8, 4) is 0 Å². The zero-order valence-corrected chi connectivity index (χ0v) is 17.9. The second kappa shape index (κ2) is 5.36. The second-order valence-electron chi connectivity index (χ2n) is 11.5. The Kier molecular flexibility index (Phi) is 3.73. The van der Waals surface area contributed by atoms with E-state index in [0.717, 1.165) is 6.42 Å². The van der Waals surface area contributed by atoms with Crippen molar-refractivity contribution in [1.29, 1.82) is 0 Å². The van der Waals surface area contributed by atoms with Crippen LogP contribution in [0.3, 0.4) is 0 Å². The lowest BCUT2D eigenvalue weighted by Gasteiger charge is -2.50. The topological polar surface area (TPSA) is 120 Å². The summed E-state index contributed by atoms with van der Waals surface area (Å²) in [6.07, 6.45) is -0.717. The fraction of sp³-hybridized carbons (Fsp3) is 0.955. The molecule has 7 nitrogen and oxygen atoms in total. The Morgan fingerprint density at radius 3 is 2.38 bits per heavy atom. The Morgan fingerprint density at radius 1 is 1.10 bits per heavy atom. The summed E-state index contributed by atoms with van der Waals surface area (Å²) in [5.74, 6) is -1.56. The molecule has 5 fully saturated rings. The summed E-state index contributed by atoms with van der Waals surface area (Å²) < 4.78 is 11.6. The van der Waals surface area contributed by atoms with Gasteiger partial charge in [-0.2, -0.15) is 0 Å². The average molecular weight is 411 g/mol. The van der Waals surface area contributed by atoms with Gasteiger partial charge in [-0.1, -0.05) is 13.8 Å². The van der Waals surface area contributed by atoms with Gasteiger partial charge in [0.05, 0.1) is 23.4 Å². The first kappa shape index (κ1) is 20.2. The van der Waals surface area contributed by atoms with Crippen LogP contribution in [0.15, 0.2) is 0 Å². The molecule has 0 unspecified atom stereocenters. The third-order valence-corrected chi connectivity index (χ3v) is 9.69. The van der Waals surface area contributed by atoms with Gasteiger partial charge in [-0.3, -0.25) is 4.79 Å². The number of hydrogen-bond donors (Lipinski definition) is 4. The molecule has 5 rings (SSSR count). The number of aliphatic hydroxyl groups excluding tert-OH is 1. The van der Waals surface area contributed by atoms with E-state index in [0.29, 0.717) is 19.3 Å². The summed E-state index contributed by atoms with van der Waals surface area (Å²) in [5, 5.41) is 46.9. The summed E-state index contributed by atoms with van der Waals surface area (Å²) in [6.45, 7) is 8.54. The van der Waals surface area contributed by atoms with Crippen LogP contribution >= 0.6 is 0 Å². The maximum absolute atomic E-state index is 12.1. The van der Waals surface area contributed by atoms with Gasteiger partial charge >= 0.3 is 5.97 Å². The quantitative estimate of drug-likeness (QED) is 0.372. The molecule has 1 heterocycles. The highest BCUT2D eigenvalue weighted by Gasteiger charge is 2.84. The molecular weight excluding hydrogens is 376 g/mol. The van der Waals surface area contributed by atoms with Crippen LogP contribution < -0.4 is 0 Å². The molecule has 4 N–H and O–H groups in total. The smallest absolute Gasteiger partial charge is 0.303 e. The number of carbonyl (C=O) groups excluding carboxylic acids is 1. The van der Waals surface area contributed by atoms with E-state index in [4.69, 9.17) is 9.47 Å². The first-order valence-electron chi connectivity index (χ1n) is 10.9. The van der Waals surface area contributed by atoms with Gasteiger partial charge in [0.1, 0.15) is 17.8 Å². The van der Waals surface area contributed by atoms with E-state index in [2.05, 4.69) is 0 Å². The average Bonchev–Trinajstić information content (AvgIpc) is 3.30. The highest BCUT2D eigenvalue weighted by atomic mass is 16.6. The Balaban J connectivity index is 1.74. The molecule has 164 valence electrons. The first-order valence-corrected chi connectivity index (χ1v) is 10.9. The van der Waals surface area contributed by atoms with Crippen LogP contribution in [-0.2, 0) is 14.3 Å². The van der Waals surface area contributed by atoms with Crippen LogP contribution in [0.1, 0.15) is 60.3 Å². The Labute approximate surface area is 171 Å². The molecule has 0 radical (unpaired) electrons. The molecule has 1 aliphatic heterocycles. The van der Waals surface area contributed by atoms with E-state index in [1.807, 2.05) is 13.8 Å². The molecule has 11 atom stereocenters. The minimum Gasteiger partial charge on any atom is -0.459 e. The zero-order chi connectivity index (χ0) is 21.4. The fourth-order valence-electron chi connectivity index (χ4n) is 8.49. The predicted molar refractivity (Wildman–Crippen MR) is 102 cm³/mol. The van der Waals surface area contributed by atoms with Crippen molar-refractivity contribution in [2.45, 2.75) is 102 Å². The van der Waals surface area contributed by atoms with E-state index in [-0.39, 0.29) is 24.0 Å². The lowest BCUT2D eigenvalue weighted by molar-refractivity contribution is -0.236. The van der Waals surface area contributed by atoms with Crippen LogP contribution in [0.25, 0.3) is 0 Å². The van der Waals surface area contributed by atoms with Gasteiger partial charge in [-0.15, -0.1) is 0 Å². The van der Waals surface area contributed by atoms with Crippen LogP contribution in [-0.4, -0.2) is 67.6 Å². The van der Waals surface area contributed by atoms with Crippen LogP contribution in [0.2, 0.25) is 0 Å². The van der Waals surface area contributed by atoms with E-state index in [1.165, 1.54) is 6.92 Å². The number of fused-ring (bicyclic) bond motifs is 4. The molecule has 29 heavy (non-hydrogen) atoms. The molecule has 1 saturated heterocycles. The van der Waals surface area contributed by atoms with Gasteiger partial charge in [0.15, 0.2) is 0 Å². The largest absolute Gasteiger partial charge is 0.459 e. The molecule has 4 aliphatic carbocycles. The maximum Gasteiger partial charge on any atom is 0.303 e. The summed E-state index contributed by atoms with van der Waals surface area (Å²) in [7, 11) is 0. The molecular formula is C22H34O7. The zero-order valence-electron chi connectivity index (χ0n) is 17.9. The molecule has 1 spiro atoms. The predicted octanol–water partition coefficient (Wildman–Crippen LogP) is 0.755. The molecule has 2 bridgehead atoms. The summed E-state index contributed by atoms with van der Waals surface area (Å²) in [5.41, 5.74) is -5.63. The van der Waals surface area contributed by atoms with Gasteiger partial charge < -0.3 is 29.9 Å². The molecule has 0 aromatic rings. The first-order chi connectivity index (χ1) is 13.2. The fourth-order valence-corrected chi connectivity index (χ4v) is 8.49. The number of esters is 1. The lowest BCUT2D eigenvalue weighted by atomic mass is 9.58. The number of ether oxygens (including phenoxy) is 2. The number of hydrogen-bond acceptors (Lipinski definition) is 7. The molecule has 0 aromatic heterocycles. The van der Waals surface area contributed by atoms with Crippen molar-refractivity contribution in [1.82, 2.24) is 0 Å². The normalized spacial score (nSPS) is 61.9. The molecule has 5 aliphatic rings. The van der Waals surface area contributed by atoms with Gasteiger partial charge in [-0.05, 0) is 51.4 Å². The maximum atomic E-state index is 12.1. The van der Waals surface area contributed by atoms with Gasteiger partial charge in [0, 0.05) is 23.7 Å². The van der Waals surface area contributed by atoms with Gasteiger partial charge in [0.25, 0.3) is 0 Å². The van der Waals surface area contributed by atoms with Crippen molar-refractivity contribution in [3.05, 3.63) is 0 Å². The number of rotatable bonds is 1. The van der Waals surface area contributed by atoms with E-state index in [1.54, 1.807) is 13.8 Å². The van der Waals surface area contributed by atoms with Crippen molar-refractivity contribution in [3.63, 3.8) is 0 Å². The minimum atomic E-state index is -1.68. The van der Waals surface area contributed by atoms with E-state index in [9.17, 15) is 25.2 Å². The Bertz CT molecular complexity index is 760. The summed E-state index contributed by atoms with van der Waals surface area (Å²) in [6, 6.07) is 0. The van der Waals surface area contributed by atoms with Crippen LogP contribution in [0.5, 0.6) is 0 Å². The Hall–Kier alpha value is -0.730. The standard InChI is InChI=1S/C22H34O7/c1-10(23)28-17-15(24)22(27)14(13-16(29-13)18(22,2)3)20(5,26)12-7-6-11-8-21(12,17)9-19(11,4)25/h11-17,24-27H,6-9H2,1-5H3/t11-,12+,13+,14+,15-,16+,17-,19-,20-,21-,22+/m1/s1. The third kappa shape index (κ3) is 2.14. The van der Waals surface area contributed by atoms with Crippen molar-refractivity contribution in [2.75, 3.05) is 0 Å². The number of carbonyl (C=O) groups is 1. The molecule has 7 heteroatoms. The van der Waals surface area contributed by atoms with Crippen molar-refractivity contribution < 1.29 is 34.7 Å². The van der Waals surface area contributed by atoms with Crippen LogP contribution in [0.4, 0.5) is 0 Å².